The molecule has 0 aliphatic carbocycles. The maximum atomic E-state index is 12.2. The summed E-state index contributed by atoms with van der Waals surface area (Å²) in [7, 11) is 0. The van der Waals surface area contributed by atoms with Crippen LogP contribution < -0.4 is 5.32 Å². The number of morpholine rings is 1. The Bertz CT molecular complexity index is 554. The molecule has 0 aromatic heterocycles. The van der Waals surface area contributed by atoms with E-state index in [9.17, 15) is 4.79 Å². The van der Waals surface area contributed by atoms with E-state index < -0.39 is 0 Å². The van der Waals surface area contributed by atoms with E-state index in [0.717, 1.165) is 23.2 Å². The van der Waals surface area contributed by atoms with Gasteiger partial charge in [0.25, 0.3) is 0 Å². The normalized spacial score (nSPS) is 14.3. The molecule has 2 amide bonds. The van der Waals surface area contributed by atoms with Gasteiger partial charge in [-0.05, 0) is 30.2 Å². The molecule has 0 atom stereocenters. The van der Waals surface area contributed by atoms with Gasteiger partial charge in [-0.25, -0.2) is 4.79 Å². The number of aliphatic hydroxyl groups is 1. The summed E-state index contributed by atoms with van der Waals surface area (Å²) in [5.74, 6) is 5.50. The minimum atomic E-state index is -0.156. The van der Waals surface area contributed by atoms with Gasteiger partial charge in [0.15, 0.2) is 0 Å². The van der Waals surface area contributed by atoms with Crippen molar-refractivity contribution in [3.8, 4) is 11.8 Å². The minimum Gasteiger partial charge on any atom is -0.384 e. The van der Waals surface area contributed by atoms with E-state index in [-0.39, 0.29) is 12.6 Å². The summed E-state index contributed by atoms with van der Waals surface area (Å²) >= 11 is 0. The summed E-state index contributed by atoms with van der Waals surface area (Å²) in [6, 6.07) is 5.55. The maximum Gasteiger partial charge on any atom is 0.322 e. The number of carbonyl (C=O) groups excluding carboxylic acids is 1. The molecule has 1 aromatic carbocycles. The number of aliphatic hydroxyl groups excluding tert-OH is 1. The quantitative estimate of drug-likeness (QED) is 0.810. The zero-order valence-corrected chi connectivity index (χ0v) is 12.2. The molecule has 2 N–H and O–H groups in total. The highest BCUT2D eigenvalue weighted by Crippen LogP contribution is 2.18. The van der Waals surface area contributed by atoms with Gasteiger partial charge in [0.2, 0.25) is 0 Å². The fraction of sp³-hybridized carbons (Fsp3) is 0.438. The highest BCUT2D eigenvalue weighted by atomic mass is 16.5. The Morgan fingerprint density at radius 2 is 2.19 bits per heavy atom. The topological polar surface area (TPSA) is 61.8 Å². The second kappa shape index (κ2) is 7.67. The number of carbonyl (C=O) groups is 1. The highest BCUT2D eigenvalue weighted by molar-refractivity contribution is 5.90. The van der Waals surface area contributed by atoms with Crippen molar-refractivity contribution in [1.29, 1.82) is 0 Å². The molecular formula is C16H20N2O3. The van der Waals surface area contributed by atoms with Crippen molar-refractivity contribution in [2.75, 3.05) is 38.2 Å². The average Bonchev–Trinajstić information content (AvgIpc) is 2.54. The van der Waals surface area contributed by atoms with Crippen molar-refractivity contribution in [1.82, 2.24) is 4.90 Å². The zero-order chi connectivity index (χ0) is 15.1. The summed E-state index contributed by atoms with van der Waals surface area (Å²) in [6.07, 6.45) is 0.799. The van der Waals surface area contributed by atoms with Gasteiger partial charge < -0.3 is 20.1 Å². The van der Waals surface area contributed by atoms with Crippen LogP contribution in [0.4, 0.5) is 10.5 Å². The fourth-order valence-corrected chi connectivity index (χ4v) is 2.19. The number of urea groups is 1. The Kier molecular flexibility index (Phi) is 5.61. The largest absolute Gasteiger partial charge is 0.384 e. The zero-order valence-electron chi connectivity index (χ0n) is 12.2. The number of amides is 2. The first-order chi connectivity index (χ1) is 10.2. The molecule has 0 spiro atoms. The molecule has 2 rings (SSSR count). The number of nitrogens with zero attached hydrogens (tertiary/aromatic N) is 1. The van der Waals surface area contributed by atoms with Crippen LogP contribution in [0.3, 0.4) is 0 Å². The van der Waals surface area contributed by atoms with Crippen LogP contribution in [0, 0.1) is 11.8 Å². The van der Waals surface area contributed by atoms with Gasteiger partial charge in [-0.1, -0.05) is 18.8 Å². The van der Waals surface area contributed by atoms with Gasteiger partial charge in [0, 0.05) is 24.3 Å². The molecule has 0 saturated carbocycles. The lowest BCUT2D eigenvalue weighted by molar-refractivity contribution is 0.0564. The predicted molar refractivity (Wildman–Crippen MR) is 81.2 cm³/mol. The Morgan fingerprint density at radius 1 is 1.43 bits per heavy atom. The van der Waals surface area contributed by atoms with E-state index in [1.54, 1.807) is 4.90 Å². The van der Waals surface area contributed by atoms with E-state index >= 15 is 0 Å². The molecule has 21 heavy (non-hydrogen) atoms. The van der Waals surface area contributed by atoms with Crippen molar-refractivity contribution >= 4 is 11.7 Å². The molecule has 5 nitrogen and oxygen atoms in total. The SMILES string of the molecule is CCc1cc(C#CCO)ccc1NC(=O)N1CCOCC1. The Morgan fingerprint density at radius 3 is 2.86 bits per heavy atom. The molecule has 112 valence electrons. The van der Waals surface area contributed by atoms with Crippen molar-refractivity contribution < 1.29 is 14.6 Å². The van der Waals surface area contributed by atoms with Crippen LogP contribution in [0.5, 0.6) is 0 Å². The second-order valence-electron chi connectivity index (χ2n) is 4.71. The Labute approximate surface area is 124 Å². The first-order valence-electron chi connectivity index (χ1n) is 7.11. The number of hydrogen-bond acceptors (Lipinski definition) is 3. The molecule has 0 unspecified atom stereocenters. The molecule has 1 saturated heterocycles. The van der Waals surface area contributed by atoms with Crippen LogP contribution in [0.2, 0.25) is 0 Å². The summed E-state index contributed by atoms with van der Waals surface area (Å²) in [4.78, 5) is 13.9. The third kappa shape index (κ3) is 4.22. The van der Waals surface area contributed by atoms with Crippen molar-refractivity contribution in [3.05, 3.63) is 29.3 Å². The van der Waals surface area contributed by atoms with Gasteiger partial charge >= 0.3 is 6.03 Å². The van der Waals surface area contributed by atoms with Crippen LogP contribution >= 0.6 is 0 Å². The third-order valence-electron chi connectivity index (χ3n) is 3.34. The van der Waals surface area contributed by atoms with Crippen molar-refractivity contribution in [2.45, 2.75) is 13.3 Å². The number of nitrogens with one attached hydrogen (secondary N) is 1. The number of hydrogen-bond donors (Lipinski definition) is 2. The van der Waals surface area contributed by atoms with Crippen molar-refractivity contribution in [3.63, 3.8) is 0 Å². The molecule has 0 bridgehead atoms. The first kappa shape index (κ1) is 15.4. The highest BCUT2D eigenvalue weighted by Gasteiger charge is 2.17. The van der Waals surface area contributed by atoms with E-state index in [1.165, 1.54) is 0 Å². The van der Waals surface area contributed by atoms with Crippen LogP contribution in [-0.4, -0.2) is 48.9 Å². The monoisotopic (exact) mass is 288 g/mol. The van der Waals surface area contributed by atoms with Crippen LogP contribution in [0.1, 0.15) is 18.1 Å². The number of benzene rings is 1. The van der Waals surface area contributed by atoms with Gasteiger partial charge in [0.1, 0.15) is 6.61 Å². The van der Waals surface area contributed by atoms with Gasteiger partial charge in [-0.3, -0.25) is 0 Å². The Balaban J connectivity index is 2.09. The fourth-order valence-electron chi connectivity index (χ4n) is 2.19. The summed E-state index contributed by atoms with van der Waals surface area (Å²) in [5.41, 5.74) is 2.68. The molecule has 1 fully saturated rings. The van der Waals surface area contributed by atoms with Gasteiger partial charge in [0.05, 0.1) is 13.2 Å². The molecule has 5 heteroatoms. The summed E-state index contributed by atoms with van der Waals surface area (Å²) < 4.78 is 5.24. The van der Waals surface area contributed by atoms with E-state index in [2.05, 4.69) is 17.2 Å². The lowest BCUT2D eigenvalue weighted by Crippen LogP contribution is -2.43. The number of aryl methyl sites for hydroxylation is 1. The number of anilines is 1. The molecule has 1 aromatic rings. The molecule has 1 heterocycles. The van der Waals surface area contributed by atoms with Crippen LogP contribution in [-0.2, 0) is 11.2 Å². The second-order valence-corrected chi connectivity index (χ2v) is 4.71. The number of ether oxygens (including phenoxy) is 1. The number of rotatable bonds is 2. The van der Waals surface area contributed by atoms with E-state index in [0.29, 0.717) is 26.3 Å². The van der Waals surface area contributed by atoms with Crippen LogP contribution in [0.25, 0.3) is 0 Å². The van der Waals surface area contributed by atoms with E-state index in [4.69, 9.17) is 9.84 Å². The standard InChI is InChI=1S/C16H20N2O3/c1-2-14-12-13(4-3-9-19)5-6-15(14)17-16(20)18-7-10-21-11-8-18/h5-6,12,19H,2,7-11H2,1H3,(H,17,20). The third-order valence-corrected chi connectivity index (χ3v) is 3.34. The average molecular weight is 288 g/mol. The lowest BCUT2D eigenvalue weighted by atomic mass is 10.1. The molecule has 0 radical (unpaired) electrons. The maximum absolute atomic E-state index is 12.2. The predicted octanol–water partition coefficient (Wildman–Crippen LogP) is 1.46. The molecular weight excluding hydrogens is 268 g/mol. The summed E-state index contributed by atoms with van der Waals surface area (Å²) in [6.45, 7) is 4.29. The molecule has 1 aliphatic heterocycles. The Hall–Kier alpha value is -2.03. The minimum absolute atomic E-state index is 0.0952. The van der Waals surface area contributed by atoms with Gasteiger partial charge in [-0.2, -0.15) is 0 Å². The summed E-state index contributed by atoms with van der Waals surface area (Å²) in [5, 5.41) is 11.7. The van der Waals surface area contributed by atoms with Crippen LogP contribution in [0.15, 0.2) is 18.2 Å². The van der Waals surface area contributed by atoms with Gasteiger partial charge in [-0.15, -0.1) is 0 Å². The smallest absolute Gasteiger partial charge is 0.322 e. The molecule has 1 aliphatic rings. The van der Waals surface area contributed by atoms with E-state index in [1.807, 2.05) is 25.1 Å². The van der Waals surface area contributed by atoms with Crippen molar-refractivity contribution in [2.24, 2.45) is 0 Å². The lowest BCUT2D eigenvalue weighted by Gasteiger charge is -2.27. The first-order valence-corrected chi connectivity index (χ1v) is 7.11.